The Morgan fingerprint density at radius 2 is 1.88 bits per heavy atom. The highest BCUT2D eigenvalue weighted by Gasteiger charge is 2.64. The number of thioether (sulfide) groups is 1. The summed E-state index contributed by atoms with van der Waals surface area (Å²) in [6.07, 6.45) is -2.14. The van der Waals surface area contributed by atoms with E-state index in [2.05, 4.69) is 10.1 Å². The van der Waals surface area contributed by atoms with Crippen LogP contribution in [0.1, 0.15) is 39.3 Å². The van der Waals surface area contributed by atoms with Gasteiger partial charge in [0.2, 0.25) is 18.1 Å². The fourth-order valence-electron chi connectivity index (χ4n) is 3.72. The topological polar surface area (TPSA) is 137 Å². The van der Waals surface area contributed by atoms with Gasteiger partial charge in [-0.2, -0.15) is 0 Å². The molecule has 2 heterocycles. The van der Waals surface area contributed by atoms with E-state index in [1.165, 1.54) is 23.6 Å². The monoisotopic (exact) mass is 465 g/mol. The normalized spacial score (nSPS) is 25.1. The molecule has 2 saturated heterocycles. The lowest BCUT2D eigenvalue weighted by Gasteiger charge is -2.44. The number of nitrogens with one attached hydrogen (secondary N) is 1. The van der Waals surface area contributed by atoms with Crippen LogP contribution in [0.4, 0.5) is 4.79 Å². The average Bonchev–Trinajstić information content (AvgIpc) is 2.99. The van der Waals surface area contributed by atoms with Crippen LogP contribution in [0.3, 0.4) is 0 Å². The van der Waals surface area contributed by atoms with Crippen molar-refractivity contribution in [3.63, 3.8) is 0 Å². The van der Waals surface area contributed by atoms with Gasteiger partial charge in [-0.05, 0) is 26.3 Å². The van der Waals surface area contributed by atoms with Gasteiger partial charge in [0.1, 0.15) is 23.5 Å². The average molecular weight is 466 g/mol. The molecule has 11 heteroatoms. The Balaban J connectivity index is 1.63. The minimum absolute atomic E-state index is 0.122. The summed E-state index contributed by atoms with van der Waals surface area (Å²) in [5.74, 6) is -1.58. The molecular weight excluding hydrogens is 438 g/mol. The van der Waals surface area contributed by atoms with E-state index in [1.807, 2.05) is 6.07 Å². The summed E-state index contributed by atoms with van der Waals surface area (Å²) in [5.41, 5.74) is 6.65. The fraction of sp³-hybridized carbons (Fsp3) is 0.524. The molecular formula is C21H27N3O7S. The van der Waals surface area contributed by atoms with Crippen LogP contribution in [0.25, 0.3) is 0 Å². The maximum Gasteiger partial charge on any atom is 0.511 e. The van der Waals surface area contributed by atoms with Crippen molar-refractivity contribution in [1.82, 2.24) is 10.2 Å². The van der Waals surface area contributed by atoms with Crippen LogP contribution in [0.15, 0.2) is 30.3 Å². The number of esters is 1. The first-order chi connectivity index (χ1) is 15.1. The zero-order valence-corrected chi connectivity index (χ0v) is 19.1. The standard InChI is InChI=1S/C21H27N3O7S/c1-5-29-20(28)31-11(2)30-19(27)15-21(3,4)32-18-14(17(26)24(15)18)23-16(25)13(22)12-9-7-6-8-10-12/h6-11,13-15,18H,5,22H2,1-4H3,(H,23,25)/t11-,13+,14+,15?,18?/m0/s1. The molecule has 0 radical (unpaired) electrons. The number of hydrogen-bond acceptors (Lipinski definition) is 9. The molecule has 32 heavy (non-hydrogen) atoms. The van der Waals surface area contributed by atoms with Crippen molar-refractivity contribution >= 4 is 35.7 Å². The highest BCUT2D eigenvalue weighted by atomic mass is 32.2. The SMILES string of the molecule is CCOC(=O)O[C@@H](C)OC(=O)C1N2C(=O)[C@@H](NC(=O)[C@H](N)c3ccccc3)C2SC1(C)C. The van der Waals surface area contributed by atoms with E-state index in [-0.39, 0.29) is 6.61 Å². The number of fused-ring (bicyclic) bond motifs is 1. The first kappa shape index (κ1) is 23.9. The molecule has 2 fully saturated rings. The van der Waals surface area contributed by atoms with E-state index in [9.17, 15) is 19.2 Å². The molecule has 0 aromatic heterocycles. The molecule has 2 unspecified atom stereocenters. The number of nitrogens with two attached hydrogens (primary N) is 1. The van der Waals surface area contributed by atoms with Crippen LogP contribution in [-0.2, 0) is 28.6 Å². The van der Waals surface area contributed by atoms with Gasteiger partial charge in [0, 0.05) is 11.7 Å². The molecule has 10 nitrogen and oxygen atoms in total. The minimum atomic E-state index is -1.18. The van der Waals surface area contributed by atoms with Crippen molar-refractivity contribution in [3.8, 4) is 0 Å². The zero-order chi connectivity index (χ0) is 23.6. The van der Waals surface area contributed by atoms with E-state index in [0.717, 1.165) is 0 Å². The maximum atomic E-state index is 12.8. The van der Waals surface area contributed by atoms with Gasteiger partial charge in [0.15, 0.2) is 0 Å². The summed E-state index contributed by atoms with van der Waals surface area (Å²) < 4.78 is 14.0. The molecule has 0 bridgehead atoms. The quantitative estimate of drug-likeness (QED) is 0.347. The molecule has 2 aliphatic rings. The summed E-state index contributed by atoms with van der Waals surface area (Å²) >= 11 is 1.38. The molecule has 0 saturated carbocycles. The van der Waals surface area contributed by atoms with Gasteiger partial charge in [-0.1, -0.05) is 30.3 Å². The van der Waals surface area contributed by atoms with Gasteiger partial charge >= 0.3 is 12.1 Å². The van der Waals surface area contributed by atoms with E-state index >= 15 is 0 Å². The van der Waals surface area contributed by atoms with Crippen molar-refractivity contribution in [2.24, 2.45) is 5.73 Å². The van der Waals surface area contributed by atoms with Crippen LogP contribution >= 0.6 is 11.8 Å². The minimum Gasteiger partial charge on any atom is -0.435 e. The number of ether oxygens (including phenoxy) is 3. The molecule has 3 N–H and O–H groups in total. The number of benzene rings is 1. The second kappa shape index (κ2) is 9.37. The Bertz CT molecular complexity index is 895. The van der Waals surface area contributed by atoms with Crippen LogP contribution in [-0.4, -0.2) is 63.9 Å². The third kappa shape index (κ3) is 4.68. The Kier molecular flexibility index (Phi) is 6.99. The number of carbonyl (C=O) groups is 4. The van der Waals surface area contributed by atoms with Crippen molar-refractivity contribution in [2.75, 3.05) is 6.61 Å². The summed E-state index contributed by atoms with van der Waals surface area (Å²) in [5, 5.41) is 2.26. The molecule has 0 spiro atoms. The van der Waals surface area contributed by atoms with E-state index in [0.29, 0.717) is 5.56 Å². The molecule has 3 rings (SSSR count). The lowest BCUT2D eigenvalue weighted by Crippen LogP contribution is -2.71. The van der Waals surface area contributed by atoms with Crippen molar-refractivity contribution in [1.29, 1.82) is 0 Å². The second-order valence-electron chi connectivity index (χ2n) is 7.94. The molecule has 2 amide bonds. The fourth-order valence-corrected chi connectivity index (χ4v) is 5.34. The van der Waals surface area contributed by atoms with Crippen molar-refractivity contribution in [3.05, 3.63) is 35.9 Å². The van der Waals surface area contributed by atoms with E-state index < -0.39 is 58.5 Å². The first-order valence-electron chi connectivity index (χ1n) is 10.2. The predicted octanol–water partition coefficient (Wildman–Crippen LogP) is 1.30. The van der Waals surface area contributed by atoms with Crippen LogP contribution < -0.4 is 11.1 Å². The van der Waals surface area contributed by atoms with Gasteiger partial charge in [0.05, 0.1) is 6.61 Å². The lowest BCUT2D eigenvalue weighted by molar-refractivity contribution is -0.180. The second-order valence-corrected chi connectivity index (χ2v) is 9.71. The molecule has 1 aromatic carbocycles. The molecule has 2 aliphatic heterocycles. The van der Waals surface area contributed by atoms with Crippen molar-refractivity contribution < 1.29 is 33.4 Å². The lowest BCUT2D eigenvalue weighted by atomic mass is 9.95. The van der Waals surface area contributed by atoms with E-state index in [4.69, 9.17) is 15.2 Å². The Morgan fingerprint density at radius 3 is 2.50 bits per heavy atom. The largest absolute Gasteiger partial charge is 0.511 e. The van der Waals surface area contributed by atoms with Gasteiger partial charge < -0.3 is 30.2 Å². The van der Waals surface area contributed by atoms with Gasteiger partial charge in [-0.3, -0.25) is 9.59 Å². The number of amides is 2. The highest BCUT2D eigenvalue weighted by Crippen LogP contribution is 2.51. The first-order valence-corrected chi connectivity index (χ1v) is 11.1. The summed E-state index contributed by atoms with van der Waals surface area (Å²) in [7, 11) is 0. The number of hydrogen-bond donors (Lipinski definition) is 2. The number of rotatable bonds is 7. The van der Waals surface area contributed by atoms with Crippen LogP contribution in [0.2, 0.25) is 0 Å². The zero-order valence-electron chi connectivity index (χ0n) is 18.3. The van der Waals surface area contributed by atoms with Crippen molar-refractivity contribution in [2.45, 2.75) is 62.2 Å². The highest BCUT2D eigenvalue weighted by molar-refractivity contribution is 8.01. The van der Waals surface area contributed by atoms with E-state index in [1.54, 1.807) is 45.0 Å². The molecule has 0 aliphatic carbocycles. The molecule has 1 aromatic rings. The molecule has 174 valence electrons. The Hall–Kier alpha value is -2.79. The van der Waals surface area contributed by atoms with Gasteiger partial charge in [-0.15, -0.1) is 11.8 Å². The van der Waals surface area contributed by atoms with Gasteiger partial charge in [-0.25, -0.2) is 9.59 Å². The number of β-lactam (4-membered cyclic amide) rings is 1. The number of nitrogens with zero attached hydrogens (tertiary/aromatic N) is 1. The summed E-state index contributed by atoms with van der Waals surface area (Å²) in [4.78, 5) is 51.0. The number of carbonyl (C=O) groups excluding carboxylic acids is 4. The van der Waals surface area contributed by atoms with Gasteiger partial charge in [0.25, 0.3) is 0 Å². The molecule has 5 atom stereocenters. The smallest absolute Gasteiger partial charge is 0.435 e. The third-order valence-electron chi connectivity index (χ3n) is 5.21. The maximum absolute atomic E-state index is 12.8. The summed E-state index contributed by atoms with van der Waals surface area (Å²) in [6, 6.07) is 6.21. The predicted molar refractivity (Wildman–Crippen MR) is 115 cm³/mol. The van der Waals surface area contributed by atoms with Crippen LogP contribution in [0, 0.1) is 0 Å². The Morgan fingerprint density at radius 1 is 1.22 bits per heavy atom. The van der Waals surface area contributed by atoms with Crippen LogP contribution in [0.5, 0.6) is 0 Å². The third-order valence-corrected chi connectivity index (χ3v) is 6.78. The Labute approximate surface area is 190 Å². The summed E-state index contributed by atoms with van der Waals surface area (Å²) in [6.45, 7) is 6.74.